The third-order valence-corrected chi connectivity index (χ3v) is 5.37. The number of alkyl halides is 2. The zero-order chi connectivity index (χ0) is 24.0. The van der Waals surface area contributed by atoms with E-state index < -0.39 is 30.1 Å². The molecule has 11 heteroatoms. The number of amides is 1. The van der Waals surface area contributed by atoms with E-state index in [1.807, 2.05) is 0 Å². The Morgan fingerprint density at radius 3 is 2.71 bits per heavy atom. The SMILES string of the molecule is CCN(C(=O)Cn1nc(-c2cccc(F)c2)c2cc[nH]c2c1=O)c1ccc2c(c1)OC(F)(F)O2. The number of H-pyrrole nitrogens is 1. The second-order valence-electron chi connectivity index (χ2n) is 7.52. The molecule has 8 nitrogen and oxygen atoms in total. The van der Waals surface area contributed by atoms with Gasteiger partial charge in [-0.15, -0.1) is 8.78 Å². The Balaban J connectivity index is 1.50. The molecule has 0 saturated carbocycles. The van der Waals surface area contributed by atoms with Crippen molar-refractivity contribution in [3.63, 3.8) is 0 Å². The molecule has 174 valence electrons. The van der Waals surface area contributed by atoms with Crippen molar-refractivity contribution in [1.82, 2.24) is 14.8 Å². The normalized spacial score (nSPS) is 13.9. The molecule has 1 aliphatic rings. The molecule has 4 aromatic rings. The second-order valence-corrected chi connectivity index (χ2v) is 7.52. The third kappa shape index (κ3) is 3.74. The predicted octanol–water partition coefficient (Wildman–Crippen LogP) is 3.91. The number of nitrogens with one attached hydrogen (secondary N) is 1. The second kappa shape index (κ2) is 7.94. The van der Waals surface area contributed by atoms with Crippen molar-refractivity contribution in [3.05, 3.63) is 70.9 Å². The van der Waals surface area contributed by atoms with E-state index in [0.29, 0.717) is 16.6 Å². The number of nitrogens with zero attached hydrogens (tertiary/aromatic N) is 3. The Bertz CT molecular complexity index is 1480. The van der Waals surface area contributed by atoms with Crippen LogP contribution in [0.1, 0.15) is 6.92 Å². The molecule has 34 heavy (non-hydrogen) atoms. The molecular weight excluding hydrogens is 453 g/mol. The highest BCUT2D eigenvalue weighted by atomic mass is 19.3. The number of fused-ring (bicyclic) bond motifs is 2. The van der Waals surface area contributed by atoms with Crippen LogP contribution >= 0.6 is 0 Å². The summed E-state index contributed by atoms with van der Waals surface area (Å²) in [5.74, 6) is -1.33. The predicted molar refractivity (Wildman–Crippen MR) is 116 cm³/mol. The first-order valence-corrected chi connectivity index (χ1v) is 10.3. The number of likely N-dealkylation sites (N-methyl/N-ethyl adjacent to an activating group) is 1. The van der Waals surface area contributed by atoms with Gasteiger partial charge in [-0.3, -0.25) is 9.59 Å². The van der Waals surface area contributed by atoms with Crippen LogP contribution in [0.2, 0.25) is 0 Å². The summed E-state index contributed by atoms with van der Waals surface area (Å²) in [6, 6.07) is 11.4. The summed E-state index contributed by atoms with van der Waals surface area (Å²) in [5, 5.41) is 4.83. The van der Waals surface area contributed by atoms with E-state index in [1.54, 1.807) is 25.3 Å². The first-order valence-electron chi connectivity index (χ1n) is 10.3. The molecule has 0 unspecified atom stereocenters. The fourth-order valence-electron chi connectivity index (χ4n) is 3.87. The number of carbonyl (C=O) groups excluding carboxylic acids is 1. The minimum Gasteiger partial charge on any atom is -0.395 e. The van der Waals surface area contributed by atoms with E-state index in [4.69, 9.17) is 0 Å². The van der Waals surface area contributed by atoms with Gasteiger partial charge in [0.2, 0.25) is 5.91 Å². The van der Waals surface area contributed by atoms with Crippen molar-refractivity contribution in [2.24, 2.45) is 0 Å². The van der Waals surface area contributed by atoms with Crippen molar-refractivity contribution in [3.8, 4) is 22.8 Å². The molecule has 3 heterocycles. The summed E-state index contributed by atoms with van der Waals surface area (Å²) in [5.41, 5.74) is 0.739. The maximum Gasteiger partial charge on any atom is 0.586 e. The topological polar surface area (TPSA) is 89.5 Å². The maximum atomic E-state index is 13.8. The van der Waals surface area contributed by atoms with Gasteiger partial charge in [-0.2, -0.15) is 5.10 Å². The van der Waals surface area contributed by atoms with Gasteiger partial charge in [0, 0.05) is 35.4 Å². The lowest BCUT2D eigenvalue weighted by Crippen LogP contribution is -2.37. The van der Waals surface area contributed by atoms with E-state index >= 15 is 0 Å². The lowest BCUT2D eigenvalue weighted by molar-refractivity contribution is -0.286. The zero-order valence-electron chi connectivity index (χ0n) is 17.7. The van der Waals surface area contributed by atoms with Crippen LogP contribution < -0.4 is 19.9 Å². The number of ether oxygens (including phenoxy) is 2. The van der Waals surface area contributed by atoms with Crippen molar-refractivity contribution in [2.75, 3.05) is 11.4 Å². The monoisotopic (exact) mass is 470 g/mol. The molecule has 1 N–H and O–H groups in total. The van der Waals surface area contributed by atoms with E-state index in [0.717, 1.165) is 4.68 Å². The fraction of sp³-hybridized carbons (Fsp3) is 0.174. The van der Waals surface area contributed by atoms with Crippen LogP contribution in [0, 0.1) is 5.82 Å². The van der Waals surface area contributed by atoms with Gasteiger partial charge in [0.15, 0.2) is 11.5 Å². The largest absolute Gasteiger partial charge is 0.586 e. The quantitative estimate of drug-likeness (QED) is 0.478. The average Bonchev–Trinajstić information content (AvgIpc) is 3.39. The number of carbonyl (C=O) groups is 1. The standard InChI is InChI=1S/C23H17F3N4O4/c1-2-29(15-6-7-17-18(11-15)34-23(25,26)33-17)19(31)12-30-22(32)21-16(8-9-27-21)20(28-30)13-4-3-5-14(24)10-13/h3-11,27H,2,12H2,1H3. The Morgan fingerprint density at radius 2 is 1.94 bits per heavy atom. The maximum absolute atomic E-state index is 13.8. The number of benzene rings is 2. The van der Waals surface area contributed by atoms with Crippen LogP contribution in [-0.4, -0.2) is 33.5 Å². The Morgan fingerprint density at radius 1 is 1.15 bits per heavy atom. The summed E-state index contributed by atoms with van der Waals surface area (Å²) in [6.07, 6.45) is -2.22. The molecule has 0 radical (unpaired) electrons. The smallest absolute Gasteiger partial charge is 0.395 e. The number of aromatic amines is 1. The van der Waals surface area contributed by atoms with E-state index in [-0.39, 0.29) is 29.2 Å². The number of anilines is 1. The Hall–Kier alpha value is -4.28. The van der Waals surface area contributed by atoms with Gasteiger partial charge in [0.1, 0.15) is 23.6 Å². The lowest BCUT2D eigenvalue weighted by Gasteiger charge is -2.21. The zero-order valence-corrected chi connectivity index (χ0v) is 17.7. The average molecular weight is 470 g/mol. The van der Waals surface area contributed by atoms with Crippen LogP contribution in [0.3, 0.4) is 0 Å². The van der Waals surface area contributed by atoms with Gasteiger partial charge < -0.3 is 19.4 Å². The minimum atomic E-state index is -3.78. The van der Waals surface area contributed by atoms with Gasteiger partial charge in [0.25, 0.3) is 5.56 Å². The fourth-order valence-corrected chi connectivity index (χ4v) is 3.87. The molecule has 0 atom stereocenters. The van der Waals surface area contributed by atoms with Crippen LogP contribution in [-0.2, 0) is 11.3 Å². The molecular formula is C23H17F3N4O4. The van der Waals surface area contributed by atoms with E-state index in [9.17, 15) is 22.8 Å². The van der Waals surface area contributed by atoms with Gasteiger partial charge in [-0.05, 0) is 37.3 Å². The molecule has 1 aliphatic heterocycles. The van der Waals surface area contributed by atoms with Gasteiger partial charge in [-0.1, -0.05) is 12.1 Å². The van der Waals surface area contributed by atoms with Crippen molar-refractivity contribution in [2.45, 2.75) is 19.8 Å². The van der Waals surface area contributed by atoms with Crippen LogP contribution in [0.4, 0.5) is 18.9 Å². The molecule has 0 aliphatic carbocycles. The minimum absolute atomic E-state index is 0.146. The highest BCUT2D eigenvalue weighted by molar-refractivity contribution is 5.95. The van der Waals surface area contributed by atoms with Gasteiger partial charge >= 0.3 is 6.29 Å². The van der Waals surface area contributed by atoms with Crippen LogP contribution in [0.25, 0.3) is 22.2 Å². The summed E-state index contributed by atoms with van der Waals surface area (Å²) in [4.78, 5) is 30.2. The number of hydrogen-bond donors (Lipinski definition) is 1. The Labute approximate surface area is 190 Å². The van der Waals surface area contributed by atoms with E-state index in [2.05, 4.69) is 19.6 Å². The molecule has 5 rings (SSSR count). The number of aromatic nitrogens is 3. The van der Waals surface area contributed by atoms with Crippen LogP contribution in [0.5, 0.6) is 11.5 Å². The molecule has 2 aromatic heterocycles. The highest BCUT2D eigenvalue weighted by Crippen LogP contribution is 2.42. The van der Waals surface area contributed by atoms with E-state index in [1.165, 1.54) is 41.3 Å². The van der Waals surface area contributed by atoms with Crippen molar-refractivity contribution >= 4 is 22.5 Å². The molecule has 1 amide bonds. The molecule has 0 saturated heterocycles. The summed E-state index contributed by atoms with van der Waals surface area (Å²) in [6.45, 7) is 1.44. The highest BCUT2D eigenvalue weighted by Gasteiger charge is 2.43. The lowest BCUT2D eigenvalue weighted by atomic mass is 10.1. The summed E-state index contributed by atoms with van der Waals surface area (Å²) >= 11 is 0. The van der Waals surface area contributed by atoms with Crippen molar-refractivity contribution in [1.29, 1.82) is 0 Å². The van der Waals surface area contributed by atoms with Crippen LogP contribution in [0.15, 0.2) is 59.5 Å². The van der Waals surface area contributed by atoms with Gasteiger partial charge in [0.05, 0.1) is 0 Å². The Kier molecular flexibility index (Phi) is 5.03. The number of halogens is 3. The van der Waals surface area contributed by atoms with Crippen molar-refractivity contribution < 1.29 is 27.4 Å². The molecule has 0 bridgehead atoms. The first-order chi connectivity index (χ1) is 16.3. The third-order valence-electron chi connectivity index (χ3n) is 5.37. The number of hydrogen-bond acceptors (Lipinski definition) is 5. The molecule has 0 fully saturated rings. The molecule has 2 aromatic carbocycles. The first kappa shape index (κ1) is 21.6. The summed E-state index contributed by atoms with van der Waals surface area (Å²) in [7, 11) is 0. The summed E-state index contributed by atoms with van der Waals surface area (Å²) < 4.78 is 50.4. The number of rotatable bonds is 5. The van der Waals surface area contributed by atoms with Gasteiger partial charge in [-0.25, -0.2) is 9.07 Å². The molecule has 0 spiro atoms.